The summed E-state index contributed by atoms with van der Waals surface area (Å²) in [6.45, 7) is 4.82. The van der Waals surface area contributed by atoms with Gasteiger partial charge in [-0.2, -0.15) is 0 Å². The van der Waals surface area contributed by atoms with Gasteiger partial charge in [0.05, 0.1) is 11.4 Å². The summed E-state index contributed by atoms with van der Waals surface area (Å²) in [6.07, 6.45) is 1.35. The summed E-state index contributed by atoms with van der Waals surface area (Å²) >= 11 is 0. The van der Waals surface area contributed by atoms with Crippen molar-refractivity contribution >= 4 is 15.7 Å². The third-order valence-electron chi connectivity index (χ3n) is 2.80. The fourth-order valence-corrected chi connectivity index (χ4v) is 3.42. The number of aryl methyl sites for hydroxylation is 1. The minimum absolute atomic E-state index is 0.159. The topological polar surface area (TPSA) is 63.4 Å². The summed E-state index contributed by atoms with van der Waals surface area (Å²) in [5.74, 6) is 0.159. The Morgan fingerprint density at radius 3 is 2.28 bits per heavy atom. The molecule has 0 radical (unpaired) electrons. The highest BCUT2D eigenvalue weighted by Crippen LogP contribution is 2.19. The highest BCUT2D eigenvalue weighted by atomic mass is 32.2. The number of benzene rings is 1. The fourth-order valence-electron chi connectivity index (χ4n) is 1.79. The number of sulfonamides is 1. The number of hydrogen-bond donors (Lipinski definition) is 1. The van der Waals surface area contributed by atoms with Gasteiger partial charge in [-0.1, -0.05) is 17.7 Å². The van der Waals surface area contributed by atoms with E-state index in [4.69, 9.17) is 5.73 Å². The predicted octanol–water partition coefficient (Wildman–Crippen LogP) is 1.89. The molecule has 0 amide bonds. The molecule has 102 valence electrons. The average molecular weight is 270 g/mol. The van der Waals surface area contributed by atoms with Crippen LogP contribution < -0.4 is 10.0 Å². The summed E-state index contributed by atoms with van der Waals surface area (Å²) in [4.78, 5) is 0. The van der Waals surface area contributed by atoms with Gasteiger partial charge in [0.25, 0.3) is 0 Å². The second-order valence-electron chi connectivity index (χ2n) is 4.31. The number of nitrogens with zero attached hydrogens (tertiary/aromatic N) is 1. The monoisotopic (exact) mass is 270 g/mol. The quantitative estimate of drug-likeness (QED) is 0.770. The van der Waals surface area contributed by atoms with E-state index in [-0.39, 0.29) is 5.75 Å². The highest BCUT2D eigenvalue weighted by Gasteiger charge is 2.20. The van der Waals surface area contributed by atoms with Crippen molar-refractivity contribution in [3.63, 3.8) is 0 Å². The average Bonchev–Trinajstić information content (AvgIpc) is 2.32. The minimum Gasteiger partial charge on any atom is -0.330 e. The first-order valence-corrected chi connectivity index (χ1v) is 7.89. The van der Waals surface area contributed by atoms with Crippen molar-refractivity contribution in [2.75, 3.05) is 23.1 Å². The third kappa shape index (κ3) is 3.99. The molecule has 0 aliphatic rings. The molecule has 0 heterocycles. The molecule has 4 nitrogen and oxygen atoms in total. The number of rotatable bonds is 7. The Labute approximate surface area is 110 Å². The van der Waals surface area contributed by atoms with E-state index in [1.165, 1.54) is 4.31 Å². The van der Waals surface area contributed by atoms with Crippen LogP contribution in [0.5, 0.6) is 0 Å². The first kappa shape index (κ1) is 15.0. The van der Waals surface area contributed by atoms with E-state index in [2.05, 4.69) is 0 Å². The molecule has 5 heteroatoms. The molecule has 0 unspecified atom stereocenters. The summed E-state index contributed by atoms with van der Waals surface area (Å²) in [6, 6.07) is 7.54. The number of hydrogen-bond acceptors (Lipinski definition) is 3. The fraction of sp³-hybridized carbons (Fsp3) is 0.538. The van der Waals surface area contributed by atoms with Crippen molar-refractivity contribution in [1.29, 1.82) is 0 Å². The van der Waals surface area contributed by atoms with Crippen LogP contribution in [0.2, 0.25) is 0 Å². The number of unbranched alkanes of at least 4 members (excludes halogenated alkanes) is 1. The van der Waals surface area contributed by atoms with Crippen LogP contribution in [0.4, 0.5) is 5.69 Å². The van der Waals surface area contributed by atoms with Gasteiger partial charge in [0, 0.05) is 6.54 Å². The van der Waals surface area contributed by atoms with Crippen molar-refractivity contribution < 1.29 is 8.42 Å². The molecule has 0 saturated heterocycles. The molecule has 1 rings (SSSR count). The van der Waals surface area contributed by atoms with Crippen LogP contribution in [0.3, 0.4) is 0 Å². The molecule has 1 aromatic rings. The van der Waals surface area contributed by atoms with E-state index in [1.54, 1.807) is 0 Å². The van der Waals surface area contributed by atoms with Crippen LogP contribution >= 0.6 is 0 Å². The van der Waals surface area contributed by atoms with E-state index >= 15 is 0 Å². The van der Waals surface area contributed by atoms with Crippen LogP contribution in [0.1, 0.15) is 25.3 Å². The SMILES string of the molecule is CCN(c1ccc(C)cc1)S(=O)(=O)CCCCN. The molecule has 0 atom stereocenters. The Hall–Kier alpha value is -1.07. The molecule has 2 N–H and O–H groups in total. The van der Waals surface area contributed by atoms with Gasteiger partial charge in [0.1, 0.15) is 0 Å². The lowest BCUT2D eigenvalue weighted by Gasteiger charge is -2.23. The van der Waals surface area contributed by atoms with Gasteiger partial charge in [-0.15, -0.1) is 0 Å². The van der Waals surface area contributed by atoms with Crippen molar-refractivity contribution in [2.24, 2.45) is 5.73 Å². The van der Waals surface area contributed by atoms with Gasteiger partial charge in [-0.3, -0.25) is 4.31 Å². The summed E-state index contributed by atoms with van der Waals surface area (Å²) in [7, 11) is -3.23. The van der Waals surface area contributed by atoms with Gasteiger partial charge in [-0.05, 0) is 45.4 Å². The molecule has 1 aromatic carbocycles. The zero-order valence-electron chi connectivity index (χ0n) is 11.1. The Morgan fingerprint density at radius 2 is 1.78 bits per heavy atom. The van der Waals surface area contributed by atoms with E-state index in [1.807, 2.05) is 38.1 Å². The van der Waals surface area contributed by atoms with Crippen LogP contribution in [0, 0.1) is 6.92 Å². The first-order chi connectivity index (χ1) is 8.51. The summed E-state index contributed by atoms with van der Waals surface area (Å²) in [5.41, 5.74) is 7.24. The lowest BCUT2D eigenvalue weighted by atomic mass is 10.2. The standard InChI is InChI=1S/C13H22N2O2S/c1-3-15(13-8-6-12(2)7-9-13)18(16,17)11-5-4-10-14/h6-9H,3-5,10-11,14H2,1-2H3. The summed E-state index contributed by atoms with van der Waals surface area (Å²) in [5, 5.41) is 0. The zero-order valence-corrected chi connectivity index (χ0v) is 11.9. The Bertz CT molecular complexity index is 454. The summed E-state index contributed by atoms with van der Waals surface area (Å²) < 4.78 is 25.9. The van der Waals surface area contributed by atoms with Crippen molar-refractivity contribution in [1.82, 2.24) is 0 Å². The number of anilines is 1. The Morgan fingerprint density at radius 1 is 1.17 bits per heavy atom. The van der Waals surface area contributed by atoms with E-state index in [9.17, 15) is 8.42 Å². The molecule has 0 saturated carbocycles. The Balaban J connectivity index is 2.85. The molecule has 0 aromatic heterocycles. The molecule has 0 aliphatic carbocycles. The molecule has 0 fully saturated rings. The van der Waals surface area contributed by atoms with Gasteiger partial charge >= 0.3 is 0 Å². The minimum atomic E-state index is -3.23. The van der Waals surface area contributed by atoms with Crippen molar-refractivity contribution in [3.8, 4) is 0 Å². The van der Waals surface area contributed by atoms with Crippen LogP contribution in [0.15, 0.2) is 24.3 Å². The first-order valence-electron chi connectivity index (χ1n) is 6.28. The molecule has 0 aliphatic heterocycles. The maximum Gasteiger partial charge on any atom is 0.235 e. The molecule has 0 bridgehead atoms. The second kappa shape index (κ2) is 6.75. The van der Waals surface area contributed by atoms with E-state index < -0.39 is 10.0 Å². The van der Waals surface area contributed by atoms with E-state index in [0.717, 1.165) is 17.7 Å². The molecular formula is C13H22N2O2S. The normalized spacial score (nSPS) is 11.5. The largest absolute Gasteiger partial charge is 0.330 e. The van der Waals surface area contributed by atoms with E-state index in [0.29, 0.717) is 19.5 Å². The predicted molar refractivity (Wildman–Crippen MR) is 76.3 cm³/mol. The smallest absolute Gasteiger partial charge is 0.235 e. The van der Waals surface area contributed by atoms with Gasteiger partial charge in [-0.25, -0.2) is 8.42 Å². The second-order valence-corrected chi connectivity index (χ2v) is 6.32. The Kier molecular flexibility index (Phi) is 5.62. The zero-order chi connectivity index (χ0) is 13.6. The lowest BCUT2D eigenvalue weighted by molar-refractivity contribution is 0.587. The van der Waals surface area contributed by atoms with Gasteiger partial charge in [0.15, 0.2) is 0 Å². The number of nitrogens with two attached hydrogens (primary N) is 1. The lowest BCUT2D eigenvalue weighted by Crippen LogP contribution is -2.33. The molecule has 18 heavy (non-hydrogen) atoms. The molecule has 0 spiro atoms. The highest BCUT2D eigenvalue weighted by molar-refractivity contribution is 7.92. The van der Waals surface area contributed by atoms with Gasteiger partial charge in [0.2, 0.25) is 10.0 Å². The maximum atomic E-state index is 12.2. The van der Waals surface area contributed by atoms with Crippen molar-refractivity contribution in [2.45, 2.75) is 26.7 Å². The maximum absolute atomic E-state index is 12.2. The van der Waals surface area contributed by atoms with Gasteiger partial charge < -0.3 is 5.73 Å². The van der Waals surface area contributed by atoms with Crippen LogP contribution in [-0.2, 0) is 10.0 Å². The van der Waals surface area contributed by atoms with Crippen LogP contribution in [-0.4, -0.2) is 27.3 Å². The van der Waals surface area contributed by atoms with Crippen LogP contribution in [0.25, 0.3) is 0 Å². The molecular weight excluding hydrogens is 248 g/mol. The van der Waals surface area contributed by atoms with Crippen molar-refractivity contribution in [3.05, 3.63) is 29.8 Å². The third-order valence-corrected chi connectivity index (χ3v) is 4.75.